The van der Waals surface area contributed by atoms with Gasteiger partial charge in [0.1, 0.15) is 11.5 Å². The van der Waals surface area contributed by atoms with Crippen molar-refractivity contribution in [2.24, 2.45) is 5.92 Å². The molecule has 1 amide bonds. The molecule has 0 radical (unpaired) electrons. The molecular weight excluding hydrogens is 374 g/mol. The highest BCUT2D eigenvalue weighted by Gasteiger charge is 2.25. The summed E-state index contributed by atoms with van der Waals surface area (Å²) in [5.41, 5.74) is 1.04. The van der Waals surface area contributed by atoms with Gasteiger partial charge in [0, 0.05) is 43.6 Å². The third-order valence-corrected chi connectivity index (χ3v) is 6.32. The van der Waals surface area contributed by atoms with Gasteiger partial charge in [0.15, 0.2) is 0 Å². The van der Waals surface area contributed by atoms with Crippen LogP contribution in [0.2, 0.25) is 0 Å². The van der Waals surface area contributed by atoms with E-state index in [1.165, 1.54) is 0 Å². The van der Waals surface area contributed by atoms with Crippen LogP contribution in [0.4, 0.5) is 11.6 Å². The lowest BCUT2D eigenvalue weighted by Crippen LogP contribution is -2.40. The van der Waals surface area contributed by atoms with E-state index < -0.39 is 0 Å². The van der Waals surface area contributed by atoms with Gasteiger partial charge >= 0.3 is 0 Å². The van der Waals surface area contributed by atoms with Gasteiger partial charge in [-0.3, -0.25) is 4.79 Å². The van der Waals surface area contributed by atoms with Gasteiger partial charge in [-0.15, -0.1) is 0 Å². The van der Waals surface area contributed by atoms with Crippen molar-refractivity contribution in [3.8, 4) is 0 Å². The van der Waals surface area contributed by atoms with Crippen molar-refractivity contribution < 1.29 is 9.21 Å². The topological polar surface area (TPSA) is 74.5 Å². The van der Waals surface area contributed by atoms with Crippen molar-refractivity contribution in [3.05, 3.63) is 36.0 Å². The maximum Gasteiger partial charge on any atom is 0.225 e. The quantitative estimate of drug-likeness (QED) is 0.825. The van der Waals surface area contributed by atoms with Crippen LogP contribution in [-0.4, -0.2) is 53.6 Å². The van der Waals surface area contributed by atoms with Crippen LogP contribution in [0.25, 0.3) is 0 Å². The summed E-state index contributed by atoms with van der Waals surface area (Å²) in [5, 5.41) is 3.00. The number of carbonyl (C=O) groups excluding carboxylic acids is 1. The SMILES string of the molecule is Cc1ccc(CNC(=O)C2CCN(c3cnc(N4CCSCC4)nc3)CC2)o1. The summed E-state index contributed by atoms with van der Waals surface area (Å²) in [6.45, 7) is 6.09. The van der Waals surface area contributed by atoms with Gasteiger partial charge in [-0.25, -0.2) is 9.97 Å². The fourth-order valence-corrected chi connectivity index (χ4v) is 4.61. The Morgan fingerprint density at radius 2 is 1.86 bits per heavy atom. The van der Waals surface area contributed by atoms with Crippen molar-refractivity contribution >= 4 is 29.3 Å². The molecular formula is C20H27N5O2S. The Morgan fingerprint density at radius 1 is 1.14 bits per heavy atom. The number of anilines is 2. The summed E-state index contributed by atoms with van der Waals surface area (Å²) in [4.78, 5) is 26.1. The monoisotopic (exact) mass is 401 g/mol. The smallest absolute Gasteiger partial charge is 0.225 e. The van der Waals surface area contributed by atoms with E-state index in [0.29, 0.717) is 6.54 Å². The highest BCUT2D eigenvalue weighted by molar-refractivity contribution is 7.99. The number of aromatic nitrogens is 2. The molecule has 1 N–H and O–H groups in total. The fraction of sp³-hybridized carbons (Fsp3) is 0.550. The first-order valence-electron chi connectivity index (χ1n) is 9.92. The van der Waals surface area contributed by atoms with Crippen LogP contribution in [0.15, 0.2) is 28.9 Å². The van der Waals surface area contributed by atoms with Crippen LogP contribution >= 0.6 is 11.8 Å². The standard InChI is InChI=1S/C20H27N5O2S/c1-15-2-3-18(27-15)14-21-19(26)16-4-6-24(7-5-16)17-12-22-20(23-13-17)25-8-10-28-11-9-25/h2-3,12-13,16H,4-11,14H2,1H3,(H,21,26). The Balaban J connectivity index is 1.25. The summed E-state index contributed by atoms with van der Waals surface area (Å²) in [5.74, 6) is 4.94. The number of hydrogen-bond acceptors (Lipinski definition) is 7. The Kier molecular flexibility index (Phi) is 6.04. The summed E-state index contributed by atoms with van der Waals surface area (Å²) in [6, 6.07) is 3.82. The van der Waals surface area contributed by atoms with Crippen LogP contribution in [0.5, 0.6) is 0 Å². The van der Waals surface area contributed by atoms with Gasteiger partial charge in [-0.1, -0.05) is 0 Å². The van der Waals surface area contributed by atoms with Gasteiger partial charge < -0.3 is 19.5 Å². The lowest BCUT2D eigenvalue weighted by Gasteiger charge is -2.33. The minimum absolute atomic E-state index is 0.0540. The van der Waals surface area contributed by atoms with Gasteiger partial charge in [-0.05, 0) is 31.9 Å². The number of rotatable bonds is 5. The molecule has 4 heterocycles. The fourth-order valence-electron chi connectivity index (χ4n) is 3.70. The number of hydrogen-bond donors (Lipinski definition) is 1. The molecule has 7 nitrogen and oxygen atoms in total. The summed E-state index contributed by atoms with van der Waals surface area (Å²) in [7, 11) is 0. The number of thioether (sulfide) groups is 1. The van der Waals surface area contributed by atoms with Crippen LogP contribution in [-0.2, 0) is 11.3 Å². The summed E-state index contributed by atoms with van der Waals surface area (Å²) in [6.07, 6.45) is 5.52. The number of carbonyl (C=O) groups is 1. The van der Waals surface area contributed by atoms with E-state index in [1.807, 2.05) is 43.2 Å². The molecule has 0 aromatic carbocycles. The molecule has 150 valence electrons. The first-order valence-corrected chi connectivity index (χ1v) is 11.1. The highest BCUT2D eigenvalue weighted by atomic mass is 32.2. The molecule has 28 heavy (non-hydrogen) atoms. The van der Waals surface area contributed by atoms with E-state index >= 15 is 0 Å². The lowest BCUT2D eigenvalue weighted by molar-refractivity contribution is -0.125. The molecule has 0 spiro atoms. The first kappa shape index (κ1) is 19.1. The molecule has 0 bridgehead atoms. The molecule has 0 aliphatic carbocycles. The van der Waals surface area contributed by atoms with Crippen molar-refractivity contribution in [2.45, 2.75) is 26.3 Å². The Bertz CT molecular complexity index is 780. The summed E-state index contributed by atoms with van der Waals surface area (Å²) >= 11 is 1.98. The molecule has 2 aromatic heterocycles. The molecule has 0 saturated carbocycles. The Hall–Kier alpha value is -2.22. The second-order valence-electron chi connectivity index (χ2n) is 7.33. The predicted octanol–water partition coefficient (Wildman–Crippen LogP) is 2.46. The molecule has 2 aromatic rings. The Morgan fingerprint density at radius 3 is 2.50 bits per heavy atom. The maximum atomic E-state index is 12.4. The predicted molar refractivity (Wildman–Crippen MR) is 112 cm³/mol. The number of nitrogens with zero attached hydrogens (tertiary/aromatic N) is 4. The van der Waals surface area contributed by atoms with E-state index in [1.54, 1.807) is 0 Å². The zero-order valence-electron chi connectivity index (χ0n) is 16.3. The number of amides is 1. The number of furan rings is 1. The van der Waals surface area contributed by atoms with Crippen LogP contribution < -0.4 is 15.1 Å². The van der Waals surface area contributed by atoms with Crippen LogP contribution in [0.3, 0.4) is 0 Å². The lowest BCUT2D eigenvalue weighted by atomic mass is 9.95. The van der Waals surface area contributed by atoms with Crippen molar-refractivity contribution in [1.82, 2.24) is 15.3 Å². The normalized spacial score (nSPS) is 18.3. The van der Waals surface area contributed by atoms with Crippen molar-refractivity contribution in [3.63, 3.8) is 0 Å². The second kappa shape index (κ2) is 8.86. The van der Waals surface area contributed by atoms with Crippen molar-refractivity contribution in [2.75, 3.05) is 47.5 Å². The van der Waals surface area contributed by atoms with Crippen LogP contribution in [0.1, 0.15) is 24.4 Å². The molecule has 2 aliphatic rings. The zero-order chi connectivity index (χ0) is 19.3. The maximum absolute atomic E-state index is 12.4. The van der Waals surface area contributed by atoms with Gasteiger partial charge in [0.05, 0.1) is 24.6 Å². The van der Waals surface area contributed by atoms with Gasteiger partial charge in [0.25, 0.3) is 0 Å². The molecule has 2 aliphatic heterocycles. The van der Waals surface area contributed by atoms with Crippen LogP contribution in [0, 0.1) is 12.8 Å². The summed E-state index contributed by atoms with van der Waals surface area (Å²) < 4.78 is 5.51. The molecule has 2 saturated heterocycles. The first-order chi connectivity index (χ1) is 13.7. The van der Waals surface area contributed by atoms with Crippen molar-refractivity contribution in [1.29, 1.82) is 0 Å². The third-order valence-electron chi connectivity index (χ3n) is 5.38. The highest BCUT2D eigenvalue weighted by Crippen LogP contribution is 2.24. The number of aryl methyl sites for hydroxylation is 1. The van der Waals surface area contributed by atoms with E-state index in [9.17, 15) is 4.79 Å². The average Bonchev–Trinajstić information content (AvgIpc) is 3.18. The average molecular weight is 402 g/mol. The largest absolute Gasteiger partial charge is 0.465 e. The minimum atomic E-state index is 0.0540. The van der Waals surface area contributed by atoms with E-state index in [4.69, 9.17) is 4.42 Å². The zero-order valence-corrected chi connectivity index (χ0v) is 17.1. The number of nitrogens with one attached hydrogen (secondary N) is 1. The van der Waals surface area contributed by atoms with Gasteiger partial charge in [-0.2, -0.15) is 11.8 Å². The van der Waals surface area contributed by atoms with E-state index in [2.05, 4.69) is 25.1 Å². The molecule has 2 fully saturated rings. The molecule has 8 heteroatoms. The molecule has 0 atom stereocenters. The third kappa shape index (κ3) is 4.60. The molecule has 4 rings (SSSR count). The second-order valence-corrected chi connectivity index (χ2v) is 8.56. The van der Waals surface area contributed by atoms with Gasteiger partial charge in [0.2, 0.25) is 11.9 Å². The van der Waals surface area contributed by atoms with E-state index in [0.717, 1.165) is 73.7 Å². The molecule has 0 unspecified atom stereocenters. The minimum Gasteiger partial charge on any atom is -0.465 e. The number of piperidine rings is 1. The van der Waals surface area contributed by atoms with E-state index in [-0.39, 0.29) is 11.8 Å². The Labute approximate surface area is 169 Å².